The number of nitrogens with zero attached hydrogens (tertiary/aromatic N) is 3. The number of likely N-dealkylation sites (N-methyl/N-ethyl adjacent to an activating group) is 1. The number of benzene rings is 1. The zero-order chi connectivity index (χ0) is 16.2. The van der Waals surface area contributed by atoms with Crippen LogP contribution in [-0.4, -0.2) is 55.6 Å². The fourth-order valence-corrected chi connectivity index (χ4v) is 2.42. The molecule has 8 heteroatoms. The van der Waals surface area contributed by atoms with E-state index in [9.17, 15) is 8.42 Å². The highest BCUT2D eigenvalue weighted by atomic mass is 32.2. The molecule has 0 amide bonds. The first-order chi connectivity index (χ1) is 10.4. The van der Waals surface area contributed by atoms with E-state index in [2.05, 4.69) is 15.3 Å². The Morgan fingerprint density at radius 3 is 2.68 bits per heavy atom. The van der Waals surface area contributed by atoms with Gasteiger partial charge in [0, 0.05) is 31.9 Å². The van der Waals surface area contributed by atoms with Gasteiger partial charge in [-0.05, 0) is 18.7 Å². The average Bonchev–Trinajstić information content (AvgIpc) is 2.46. The van der Waals surface area contributed by atoms with Gasteiger partial charge in [0.2, 0.25) is 10.0 Å². The molecule has 0 fully saturated rings. The van der Waals surface area contributed by atoms with Gasteiger partial charge in [0.05, 0.1) is 11.8 Å². The first-order valence-electron chi connectivity index (χ1n) is 7.02. The summed E-state index contributed by atoms with van der Waals surface area (Å²) in [5, 5.41) is 4.10. The van der Waals surface area contributed by atoms with Crippen molar-refractivity contribution in [1.82, 2.24) is 14.3 Å². The fraction of sp³-hybridized carbons (Fsp3) is 0.429. The minimum Gasteiger partial charge on any atom is -0.368 e. The molecule has 22 heavy (non-hydrogen) atoms. The van der Waals surface area contributed by atoms with Crippen LogP contribution in [0.2, 0.25) is 0 Å². The van der Waals surface area contributed by atoms with Gasteiger partial charge in [-0.1, -0.05) is 12.1 Å². The van der Waals surface area contributed by atoms with E-state index in [1.165, 1.54) is 10.6 Å². The van der Waals surface area contributed by atoms with Crippen LogP contribution < -0.4 is 11.1 Å². The minimum atomic E-state index is -3.17. The number of hydrogen-bond donors (Lipinski definition) is 2. The lowest BCUT2D eigenvalue weighted by molar-refractivity contribution is 0.486. The third-order valence-corrected chi connectivity index (χ3v) is 4.62. The first-order valence-corrected chi connectivity index (χ1v) is 8.87. The van der Waals surface area contributed by atoms with Gasteiger partial charge in [-0.15, -0.1) is 0 Å². The van der Waals surface area contributed by atoms with Crippen LogP contribution in [0.1, 0.15) is 5.82 Å². The monoisotopic (exact) mass is 323 g/mol. The van der Waals surface area contributed by atoms with Crippen molar-refractivity contribution in [2.45, 2.75) is 6.42 Å². The highest BCUT2D eigenvalue weighted by molar-refractivity contribution is 7.88. The number of rotatable bonds is 7. The van der Waals surface area contributed by atoms with Crippen molar-refractivity contribution >= 4 is 26.7 Å². The largest absolute Gasteiger partial charge is 0.368 e. The van der Waals surface area contributed by atoms with Crippen LogP contribution in [0.15, 0.2) is 24.3 Å². The predicted molar refractivity (Wildman–Crippen MR) is 88.3 cm³/mol. The highest BCUT2D eigenvalue weighted by Gasteiger charge is 2.11. The summed E-state index contributed by atoms with van der Waals surface area (Å²) in [6.45, 7) is 1.31. The lowest BCUT2D eigenvalue weighted by Gasteiger charge is -2.15. The topological polar surface area (TPSA) is 101 Å². The van der Waals surface area contributed by atoms with Gasteiger partial charge in [0.15, 0.2) is 0 Å². The number of aromatic nitrogens is 2. The summed E-state index contributed by atoms with van der Waals surface area (Å²) in [5.74, 6) is 1.39. The molecule has 0 radical (unpaired) electrons. The Bertz CT molecular complexity index is 748. The second-order valence-electron chi connectivity index (χ2n) is 5.06. The Hall–Kier alpha value is -1.77. The quantitative estimate of drug-likeness (QED) is 0.766. The van der Waals surface area contributed by atoms with Crippen molar-refractivity contribution in [3.8, 4) is 0 Å². The molecule has 1 aromatic heterocycles. The maximum atomic E-state index is 11.4. The molecule has 0 spiro atoms. The van der Waals surface area contributed by atoms with Crippen LogP contribution in [-0.2, 0) is 16.4 Å². The first kappa shape index (κ1) is 16.6. The number of fused-ring (bicyclic) bond motifs is 1. The molecule has 3 N–H and O–H groups in total. The molecule has 0 saturated carbocycles. The van der Waals surface area contributed by atoms with Crippen LogP contribution >= 0.6 is 0 Å². The maximum Gasteiger partial charge on any atom is 0.211 e. The standard InChI is InChI=1S/C14H21N5O2S/c1-19(22(2,20)21)10-9-16-14-11-5-3-4-6-12(11)17-13(18-14)7-8-15/h3-6H,7-10,15H2,1-2H3,(H,16,17,18). The molecule has 0 saturated heterocycles. The second kappa shape index (κ2) is 6.99. The Kier molecular flexibility index (Phi) is 5.28. The average molecular weight is 323 g/mol. The third kappa shape index (κ3) is 4.12. The summed E-state index contributed by atoms with van der Waals surface area (Å²) >= 11 is 0. The molecule has 2 aromatic rings. The summed E-state index contributed by atoms with van der Waals surface area (Å²) in [7, 11) is -1.62. The molecule has 0 atom stereocenters. The number of hydrogen-bond acceptors (Lipinski definition) is 6. The molecule has 0 aliphatic heterocycles. The van der Waals surface area contributed by atoms with Crippen molar-refractivity contribution < 1.29 is 8.42 Å². The second-order valence-corrected chi connectivity index (χ2v) is 7.14. The molecule has 0 unspecified atom stereocenters. The summed E-state index contributed by atoms with van der Waals surface area (Å²) in [4.78, 5) is 8.95. The van der Waals surface area contributed by atoms with Crippen molar-refractivity contribution in [3.05, 3.63) is 30.1 Å². The van der Waals surface area contributed by atoms with Gasteiger partial charge in [-0.3, -0.25) is 0 Å². The number of sulfonamides is 1. The smallest absolute Gasteiger partial charge is 0.211 e. The highest BCUT2D eigenvalue weighted by Crippen LogP contribution is 2.20. The van der Waals surface area contributed by atoms with Crippen LogP contribution in [0.4, 0.5) is 5.82 Å². The lowest BCUT2D eigenvalue weighted by atomic mass is 10.2. The molecule has 7 nitrogen and oxygen atoms in total. The van der Waals surface area contributed by atoms with Gasteiger partial charge in [0.1, 0.15) is 11.6 Å². The van der Waals surface area contributed by atoms with Gasteiger partial charge in [0.25, 0.3) is 0 Å². The van der Waals surface area contributed by atoms with E-state index >= 15 is 0 Å². The number of anilines is 1. The normalized spacial score (nSPS) is 12.0. The predicted octanol–water partition coefficient (Wildman–Crippen LogP) is 0.434. The molecular weight excluding hydrogens is 302 g/mol. The Balaban J connectivity index is 2.19. The number of nitrogens with two attached hydrogens (primary N) is 1. The zero-order valence-corrected chi connectivity index (χ0v) is 13.6. The summed E-state index contributed by atoms with van der Waals surface area (Å²) in [6.07, 6.45) is 1.79. The van der Waals surface area contributed by atoms with Gasteiger partial charge in [-0.2, -0.15) is 0 Å². The van der Waals surface area contributed by atoms with E-state index in [-0.39, 0.29) is 0 Å². The molecule has 1 heterocycles. The maximum absolute atomic E-state index is 11.4. The Morgan fingerprint density at radius 1 is 1.27 bits per heavy atom. The molecule has 2 rings (SSSR count). The van der Waals surface area contributed by atoms with Crippen molar-refractivity contribution in [3.63, 3.8) is 0 Å². The van der Waals surface area contributed by atoms with Gasteiger partial charge >= 0.3 is 0 Å². The van der Waals surface area contributed by atoms with E-state index in [4.69, 9.17) is 5.73 Å². The Labute approximate surface area is 130 Å². The lowest BCUT2D eigenvalue weighted by Crippen LogP contribution is -2.30. The van der Waals surface area contributed by atoms with E-state index in [0.29, 0.717) is 37.7 Å². The van der Waals surface area contributed by atoms with E-state index in [0.717, 1.165) is 10.9 Å². The molecule has 0 aliphatic rings. The molecule has 0 aliphatic carbocycles. The van der Waals surface area contributed by atoms with Crippen LogP contribution in [0, 0.1) is 0 Å². The summed E-state index contributed by atoms with van der Waals surface area (Å²) in [6, 6.07) is 7.69. The molecular formula is C14H21N5O2S. The van der Waals surface area contributed by atoms with Crippen LogP contribution in [0.5, 0.6) is 0 Å². The van der Waals surface area contributed by atoms with Gasteiger partial charge < -0.3 is 11.1 Å². The molecule has 120 valence electrons. The van der Waals surface area contributed by atoms with E-state index in [1.54, 1.807) is 7.05 Å². The van der Waals surface area contributed by atoms with Crippen LogP contribution in [0.25, 0.3) is 10.9 Å². The fourth-order valence-electron chi connectivity index (χ4n) is 2.00. The summed E-state index contributed by atoms with van der Waals surface area (Å²) in [5.41, 5.74) is 6.42. The van der Waals surface area contributed by atoms with Crippen molar-refractivity contribution in [2.75, 3.05) is 38.3 Å². The number of nitrogens with one attached hydrogen (secondary N) is 1. The van der Waals surface area contributed by atoms with Crippen molar-refractivity contribution in [2.24, 2.45) is 5.73 Å². The van der Waals surface area contributed by atoms with Gasteiger partial charge in [-0.25, -0.2) is 22.7 Å². The third-order valence-electron chi connectivity index (χ3n) is 3.30. The van der Waals surface area contributed by atoms with Crippen molar-refractivity contribution in [1.29, 1.82) is 0 Å². The Morgan fingerprint density at radius 2 is 2.00 bits per heavy atom. The minimum absolute atomic E-state index is 0.364. The van der Waals surface area contributed by atoms with Crippen LogP contribution in [0.3, 0.4) is 0 Å². The SMILES string of the molecule is CN(CCNc1nc(CCN)nc2ccccc12)S(C)(=O)=O. The van der Waals surface area contributed by atoms with E-state index < -0.39 is 10.0 Å². The summed E-state index contributed by atoms with van der Waals surface area (Å²) < 4.78 is 24.1. The molecule has 0 bridgehead atoms. The molecule has 1 aromatic carbocycles. The zero-order valence-electron chi connectivity index (χ0n) is 12.8. The number of para-hydroxylation sites is 1. The van der Waals surface area contributed by atoms with E-state index in [1.807, 2.05) is 24.3 Å².